The number of likely N-dealkylation sites (tertiary alicyclic amines) is 1. The van der Waals surface area contributed by atoms with Crippen molar-refractivity contribution in [1.29, 1.82) is 0 Å². The van der Waals surface area contributed by atoms with Crippen LogP contribution in [0.5, 0.6) is 0 Å². The molecule has 3 nitrogen and oxygen atoms in total. The fraction of sp³-hybridized carbons (Fsp3) is 0.562. The molecule has 1 aromatic carbocycles. The van der Waals surface area contributed by atoms with Crippen molar-refractivity contribution in [3.8, 4) is 0 Å². The SMILES string of the molecule is CC(=O)NC[C@@H]1CCCN([C@H](C)c2ccc(Br)cc2)C1. The van der Waals surface area contributed by atoms with Gasteiger partial charge in [-0.2, -0.15) is 0 Å². The van der Waals surface area contributed by atoms with E-state index in [4.69, 9.17) is 0 Å². The van der Waals surface area contributed by atoms with E-state index in [0.29, 0.717) is 12.0 Å². The lowest BCUT2D eigenvalue weighted by Gasteiger charge is -2.37. The van der Waals surface area contributed by atoms with Gasteiger partial charge in [0.15, 0.2) is 0 Å². The number of piperidine rings is 1. The Morgan fingerprint density at radius 1 is 1.45 bits per heavy atom. The van der Waals surface area contributed by atoms with Gasteiger partial charge in [0.25, 0.3) is 0 Å². The lowest BCUT2D eigenvalue weighted by Crippen LogP contribution is -2.41. The van der Waals surface area contributed by atoms with Crippen molar-refractivity contribution >= 4 is 21.8 Å². The Balaban J connectivity index is 1.94. The first-order valence-electron chi connectivity index (χ1n) is 7.30. The zero-order valence-corrected chi connectivity index (χ0v) is 13.8. The third-order valence-corrected chi connectivity index (χ3v) is 4.62. The summed E-state index contributed by atoms with van der Waals surface area (Å²) in [6, 6.07) is 9.01. The Hall–Kier alpha value is -0.870. The summed E-state index contributed by atoms with van der Waals surface area (Å²) in [6.45, 7) is 6.87. The number of carbonyl (C=O) groups excluding carboxylic acids is 1. The average molecular weight is 339 g/mol. The number of nitrogens with one attached hydrogen (secondary N) is 1. The standard InChI is InChI=1S/C16H23BrN2O/c1-12(15-5-7-16(17)8-6-15)19-9-3-4-14(11-19)10-18-13(2)20/h5-8,12,14H,3-4,9-11H2,1-2H3,(H,18,20)/t12-,14+/m1/s1. The van der Waals surface area contributed by atoms with E-state index in [1.165, 1.54) is 18.4 Å². The molecule has 1 aliphatic rings. The molecule has 2 atom stereocenters. The molecule has 110 valence electrons. The molecule has 0 saturated carbocycles. The summed E-state index contributed by atoms with van der Waals surface area (Å²) < 4.78 is 1.12. The lowest BCUT2D eigenvalue weighted by molar-refractivity contribution is -0.119. The van der Waals surface area contributed by atoms with Gasteiger partial charge in [-0.15, -0.1) is 0 Å². The van der Waals surface area contributed by atoms with Crippen molar-refractivity contribution in [2.75, 3.05) is 19.6 Å². The van der Waals surface area contributed by atoms with E-state index >= 15 is 0 Å². The second-order valence-corrected chi connectivity index (χ2v) is 6.58. The smallest absolute Gasteiger partial charge is 0.216 e. The van der Waals surface area contributed by atoms with Crippen molar-refractivity contribution in [2.24, 2.45) is 5.92 Å². The molecule has 1 aromatic rings. The molecule has 1 fully saturated rings. The molecule has 0 spiro atoms. The second-order valence-electron chi connectivity index (χ2n) is 5.67. The molecule has 0 aromatic heterocycles. The first-order valence-corrected chi connectivity index (χ1v) is 8.09. The van der Waals surface area contributed by atoms with E-state index in [9.17, 15) is 4.79 Å². The molecule has 1 saturated heterocycles. The number of rotatable bonds is 4. The number of carbonyl (C=O) groups is 1. The molecular formula is C16H23BrN2O. The average Bonchev–Trinajstić information content (AvgIpc) is 2.45. The summed E-state index contributed by atoms with van der Waals surface area (Å²) in [6.07, 6.45) is 2.43. The monoisotopic (exact) mass is 338 g/mol. The van der Waals surface area contributed by atoms with E-state index in [0.717, 1.165) is 24.1 Å². The van der Waals surface area contributed by atoms with Crippen LogP contribution in [0.25, 0.3) is 0 Å². The topological polar surface area (TPSA) is 32.3 Å². The van der Waals surface area contributed by atoms with Crippen molar-refractivity contribution < 1.29 is 4.79 Å². The van der Waals surface area contributed by atoms with E-state index < -0.39 is 0 Å². The highest BCUT2D eigenvalue weighted by Crippen LogP contribution is 2.27. The van der Waals surface area contributed by atoms with Crippen LogP contribution in [-0.4, -0.2) is 30.4 Å². The van der Waals surface area contributed by atoms with E-state index in [-0.39, 0.29) is 5.91 Å². The molecular weight excluding hydrogens is 316 g/mol. The zero-order chi connectivity index (χ0) is 14.5. The van der Waals surface area contributed by atoms with Crippen LogP contribution in [0.1, 0.15) is 38.3 Å². The summed E-state index contributed by atoms with van der Waals surface area (Å²) in [5.41, 5.74) is 1.35. The summed E-state index contributed by atoms with van der Waals surface area (Å²) in [4.78, 5) is 13.6. The molecule has 0 unspecified atom stereocenters. The number of amides is 1. The van der Waals surface area contributed by atoms with Crippen LogP contribution in [0, 0.1) is 5.92 Å². The van der Waals surface area contributed by atoms with Gasteiger partial charge in [-0.1, -0.05) is 28.1 Å². The minimum absolute atomic E-state index is 0.0723. The molecule has 1 aliphatic heterocycles. The highest BCUT2D eigenvalue weighted by molar-refractivity contribution is 9.10. The van der Waals surface area contributed by atoms with Gasteiger partial charge < -0.3 is 5.32 Å². The predicted molar refractivity (Wildman–Crippen MR) is 85.5 cm³/mol. The predicted octanol–water partition coefficient (Wildman–Crippen LogP) is 3.36. The van der Waals surface area contributed by atoms with Gasteiger partial charge in [0.05, 0.1) is 0 Å². The molecule has 0 aliphatic carbocycles. The maximum Gasteiger partial charge on any atom is 0.216 e. The molecule has 4 heteroatoms. The lowest BCUT2D eigenvalue weighted by atomic mass is 9.95. The quantitative estimate of drug-likeness (QED) is 0.912. The number of halogens is 1. The molecule has 2 rings (SSSR count). The van der Waals surface area contributed by atoms with Crippen molar-refractivity contribution in [3.05, 3.63) is 34.3 Å². The fourth-order valence-electron chi connectivity index (χ4n) is 2.86. The summed E-state index contributed by atoms with van der Waals surface area (Å²) >= 11 is 3.48. The van der Waals surface area contributed by atoms with Gasteiger partial charge in [-0.05, 0) is 49.9 Å². The number of hydrogen-bond acceptors (Lipinski definition) is 2. The van der Waals surface area contributed by atoms with Crippen LogP contribution < -0.4 is 5.32 Å². The van der Waals surface area contributed by atoms with Gasteiger partial charge in [-0.25, -0.2) is 0 Å². The molecule has 0 radical (unpaired) electrons. The van der Waals surface area contributed by atoms with Gasteiger partial charge in [-0.3, -0.25) is 9.69 Å². The molecule has 0 bridgehead atoms. The van der Waals surface area contributed by atoms with E-state index in [1.807, 2.05) is 0 Å². The van der Waals surface area contributed by atoms with Gasteiger partial charge in [0.1, 0.15) is 0 Å². The van der Waals surface area contributed by atoms with Crippen LogP contribution in [-0.2, 0) is 4.79 Å². The normalized spacial score (nSPS) is 21.4. The zero-order valence-electron chi connectivity index (χ0n) is 12.2. The van der Waals surface area contributed by atoms with Crippen molar-refractivity contribution in [3.63, 3.8) is 0 Å². The second kappa shape index (κ2) is 7.23. The highest BCUT2D eigenvalue weighted by atomic mass is 79.9. The number of benzene rings is 1. The first kappa shape index (κ1) is 15.5. The summed E-state index contributed by atoms with van der Waals surface area (Å²) in [5.74, 6) is 0.647. The van der Waals surface area contributed by atoms with Crippen molar-refractivity contribution in [2.45, 2.75) is 32.7 Å². The Morgan fingerprint density at radius 2 is 2.15 bits per heavy atom. The third kappa shape index (κ3) is 4.32. The largest absolute Gasteiger partial charge is 0.356 e. The minimum Gasteiger partial charge on any atom is -0.356 e. The van der Waals surface area contributed by atoms with Gasteiger partial charge in [0, 0.05) is 30.5 Å². The Labute approximate surface area is 129 Å². The molecule has 1 heterocycles. The van der Waals surface area contributed by atoms with E-state index in [2.05, 4.69) is 57.3 Å². The van der Waals surface area contributed by atoms with Crippen LogP contribution >= 0.6 is 15.9 Å². The minimum atomic E-state index is 0.0723. The number of hydrogen-bond donors (Lipinski definition) is 1. The third-order valence-electron chi connectivity index (χ3n) is 4.09. The molecule has 1 N–H and O–H groups in total. The van der Waals surface area contributed by atoms with Crippen LogP contribution in [0.4, 0.5) is 0 Å². The summed E-state index contributed by atoms with van der Waals surface area (Å²) in [7, 11) is 0. The van der Waals surface area contributed by atoms with Crippen LogP contribution in [0.2, 0.25) is 0 Å². The highest BCUT2D eigenvalue weighted by Gasteiger charge is 2.24. The fourth-order valence-corrected chi connectivity index (χ4v) is 3.12. The van der Waals surface area contributed by atoms with Crippen LogP contribution in [0.3, 0.4) is 0 Å². The summed E-state index contributed by atoms with van der Waals surface area (Å²) in [5, 5.41) is 2.95. The van der Waals surface area contributed by atoms with Crippen LogP contribution in [0.15, 0.2) is 28.7 Å². The Bertz CT molecular complexity index is 446. The van der Waals surface area contributed by atoms with Gasteiger partial charge >= 0.3 is 0 Å². The van der Waals surface area contributed by atoms with Gasteiger partial charge in [0.2, 0.25) is 5.91 Å². The van der Waals surface area contributed by atoms with E-state index in [1.54, 1.807) is 6.92 Å². The Kier molecular flexibility index (Phi) is 5.61. The molecule has 20 heavy (non-hydrogen) atoms. The Morgan fingerprint density at radius 3 is 2.80 bits per heavy atom. The maximum atomic E-state index is 11.0. The molecule has 1 amide bonds. The maximum absolute atomic E-state index is 11.0. The first-order chi connectivity index (χ1) is 9.56. The van der Waals surface area contributed by atoms with Crippen molar-refractivity contribution in [1.82, 2.24) is 10.2 Å². The number of nitrogens with zero attached hydrogens (tertiary/aromatic N) is 1.